The van der Waals surface area contributed by atoms with Gasteiger partial charge in [-0.25, -0.2) is 9.78 Å². The monoisotopic (exact) mass is 511 g/mol. The average molecular weight is 512 g/mol. The van der Waals surface area contributed by atoms with Gasteiger partial charge >= 0.3 is 5.97 Å². The third-order valence-corrected chi connectivity index (χ3v) is 6.81. The first-order chi connectivity index (χ1) is 18.9. The van der Waals surface area contributed by atoms with E-state index >= 15 is 0 Å². The van der Waals surface area contributed by atoms with Gasteiger partial charge in [0.25, 0.3) is 0 Å². The van der Waals surface area contributed by atoms with Gasteiger partial charge in [-0.1, -0.05) is 84.4 Å². The van der Waals surface area contributed by atoms with Crippen molar-refractivity contribution < 1.29 is 13.9 Å². The van der Waals surface area contributed by atoms with Gasteiger partial charge in [-0.05, 0) is 50.1 Å². The van der Waals surface area contributed by atoms with Crippen LogP contribution in [0.4, 0.5) is 0 Å². The minimum atomic E-state index is -0.657. The molecule has 39 heavy (non-hydrogen) atoms. The predicted molar refractivity (Wildman–Crippen MR) is 154 cm³/mol. The van der Waals surface area contributed by atoms with Crippen molar-refractivity contribution in [3.63, 3.8) is 0 Å². The molecule has 5 nitrogen and oxygen atoms in total. The van der Waals surface area contributed by atoms with E-state index in [1.54, 1.807) is 6.07 Å². The number of nitrogens with zero attached hydrogens (tertiary/aromatic N) is 1. The molecule has 0 spiro atoms. The van der Waals surface area contributed by atoms with Gasteiger partial charge in [0.05, 0.1) is 22.2 Å². The topological polar surface area (TPSA) is 69.4 Å². The van der Waals surface area contributed by atoms with Gasteiger partial charge in [-0.15, -0.1) is 0 Å². The lowest BCUT2D eigenvalue weighted by Gasteiger charge is -2.14. The molecule has 0 bridgehead atoms. The van der Waals surface area contributed by atoms with E-state index in [0.717, 1.165) is 22.3 Å². The molecule has 0 saturated carbocycles. The Bertz CT molecular complexity index is 1940. The number of esters is 1. The number of rotatable bonds is 4. The number of ether oxygens (including phenoxy) is 1. The Morgan fingerprint density at radius 1 is 0.769 bits per heavy atom. The number of pyridine rings is 1. The Labute approximate surface area is 225 Å². The molecule has 2 heterocycles. The molecule has 2 aromatic heterocycles. The molecular weight excluding hydrogens is 486 g/mol. The van der Waals surface area contributed by atoms with Crippen LogP contribution in [0.15, 0.2) is 106 Å². The lowest BCUT2D eigenvalue weighted by molar-refractivity contribution is 0.0733. The molecule has 0 saturated heterocycles. The second-order valence-corrected chi connectivity index (χ2v) is 9.74. The van der Waals surface area contributed by atoms with Crippen LogP contribution < -0.4 is 10.2 Å². The first-order valence-corrected chi connectivity index (χ1v) is 12.7. The van der Waals surface area contributed by atoms with E-state index in [9.17, 15) is 9.59 Å². The van der Waals surface area contributed by atoms with Crippen molar-refractivity contribution in [2.75, 3.05) is 0 Å². The fourth-order valence-electron chi connectivity index (χ4n) is 4.91. The predicted octanol–water partition coefficient (Wildman–Crippen LogP) is 7.82. The Kier molecular flexibility index (Phi) is 6.04. The highest BCUT2D eigenvalue weighted by Gasteiger charge is 2.24. The SMILES string of the molecule is Cc1ccc(-c2oc3cc(C)cc(C)c3c(=O)c2OC(=O)c2cc(-c3ccccc3)nc3ccccc23)cc1. The van der Waals surface area contributed by atoms with Crippen LogP contribution in [0, 0.1) is 20.8 Å². The third-order valence-electron chi connectivity index (χ3n) is 6.81. The van der Waals surface area contributed by atoms with Crippen LogP contribution in [0.1, 0.15) is 27.0 Å². The van der Waals surface area contributed by atoms with Crippen molar-refractivity contribution in [2.24, 2.45) is 0 Å². The van der Waals surface area contributed by atoms with Crippen LogP contribution in [0.3, 0.4) is 0 Å². The number of carbonyl (C=O) groups is 1. The molecule has 0 amide bonds. The summed E-state index contributed by atoms with van der Waals surface area (Å²) in [7, 11) is 0. The van der Waals surface area contributed by atoms with Crippen molar-refractivity contribution >= 4 is 27.8 Å². The summed E-state index contributed by atoms with van der Waals surface area (Å²) in [6.45, 7) is 5.78. The van der Waals surface area contributed by atoms with Gasteiger partial charge in [0.1, 0.15) is 5.58 Å². The van der Waals surface area contributed by atoms with Crippen molar-refractivity contribution in [3.05, 3.63) is 130 Å². The molecular formula is C34H25NO4. The number of para-hydroxylation sites is 1. The molecule has 0 fully saturated rings. The fraction of sp³-hybridized carbons (Fsp3) is 0.0882. The van der Waals surface area contributed by atoms with E-state index in [1.807, 2.05) is 112 Å². The molecule has 5 heteroatoms. The van der Waals surface area contributed by atoms with Crippen LogP contribution in [-0.2, 0) is 0 Å². The highest BCUT2D eigenvalue weighted by molar-refractivity contribution is 6.06. The zero-order valence-electron chi connectivity index (χ0n) is 21.8. The summed E-state index contributed by atoms with van der Waals surface area (Å²) in [5.74, 6) is -0.575. The van der Waals surface area contributed by atoms with Crippen LogP contribution in [0.2, 0.25) is 0 Å². The highest BCUT2D eigenvalue weighted by atomic mass is 16.5. The number of benzene rings is 4. The van der Waals surface area contributed by atoms with Crippen molar-refractivity contribution in [3.8, 4) is 28.3 Å². The van der Waals surface area contributed by atoms with Gasteiger partial charge in [0, 0.05) is 16.5 Å². The molecule has 6 rings (SSSR count). The molecule has 4 aromatic carbocycles. The van der Waals surface area contributed by atoms with Gasteiger partial charge in [0.15, 0.2) is 5.76 Å². The second kappa shape index (κ2) is 9.69. The Hall–Kier alpha value is -5.03. The largest absolute Gasteiger partial charge is 0.452 e. The number of fused-ring (bicyclic) bond motifs is 2. The van der Waals surface area contributed by atoms with Crippen LogP contribution in [0.25, 0.3) is 44.5 Å². The van der Waals surface area contributed by atoms with Gasteiger partial charge < -0.3 is 9.15 Å². The second-order valence-electron chi connectivity index (χ2n) is 9.74. The summed E-state index contributed by atoms with van der Waals surface area (Å²) in [4.78, 5) is 32.5. The minimum absolute atomic E-state index is 0.134. The molecule has 0 N–H and O–H groups in total. The number of hydrogen-bond acceptors (Lipinski definition) is 5. The zero-order valence-corrected chi connectivity index (χ0v) is 21.8. The number of carbonyl (C=O) groups excluding carboxylic acids is 1. The molecule has 0 atom stereocenters. The Morgan fingerprint density at radius 2 is 1.49 bits per heavy atom. The van der Waals surface area contributed by atoms with E-state index in [2.05, 4.69) is 0 Å². The maximum absolute atomic E-state index is 13.9. The standard InChI is InChI=1S/C34H25NO4/c1-20-13-15-24(16-14-20)32-33(31(36)30-22(3)17-21(2)18-29(30)38-32)39-34(37)26-19-28(23-9-5-4-6-10-23)35-27-12-8-7-11-25(26)27/h4-19H,1-3H3. The van der Waals surface area contributed by atoms with E-state index in [4.69, 9.17) is 14.1 Å². The Balaban J connectivity index is 1.55. The van der Waals surface area contributed by atoms with Crippen LogP contribution in [-0.4, -0.2) is 11.0 Å². The van der Waals surface area contributed by atoms with E-state index < -0.39 is 5.97 Å². The van der Waals surface area contributed by atoms with E-state index in [0.29, 0.717) is 38.7 Å². The highest BCUT2D eigenvalue weighted by Crippen LogP contribution is 2.34. The quantitative estimate of drug-likeness (QED) is 0.226. The molecule has 6 aromatic rings. The van der Waals surface area contributed by atoms with Gasteiger partial charge in [-0.2, -0.15) is 0 Å². The lowest BCUT2D eigenvalue weighted by Crippen LogP contribution is -2.17. The van der Waals surface area contributed by atoms with Crippen molar-refractivity contribution in [2.45, 2.75) is 20.8 Å². The maximum atomic E-state index is 13.9. The smallest absolute Gasteiger partial charge is 0.344 e. The van der Waals surface area contributed by atoms with Crippen molar-refractivity contribution in [1.29, 1.82) is 0 Å². The average Bonchev–Trinajstić information content (AvgIpc) is 2.94. The zero-order chi connectivity index (χ0) is 27.1. The van der Waals surface area contributed by atoms with Gasteiger partial charge in [0.2, 0.25) is 11.2 Å². The van der Waals surface area contributed by atoms with Crippen LogP contribution in [0.5, 0.6) is 5.75 Å². The van der Waals surface area contributed by atoms with Crippen LogP contribution >= 0.6 is 0 Å². The molecule has 0 radical (unpaired) electrons. The lowest BCUT2D eigenvalue weighted by atomic mass is 10.0. The Morgan fingerprint density at radius 3 is 2.26 bits per heavy atom. The third kappa shape index (κ3) is 4.48. The summed E-state index contributed by atoms with van der Waals surface area (Å²) in [6, 6.07) is 30.0. The molecule has 0 aliphatic rings. The van der Waals surface area contributed by atoms with E-state index in [-0.39, 0.29) is 16.9 Å². The first-order valence-electron chi connectivity index (χ1n) is 12.7. The number of aromatic nitrogens is 1. The molecule has 0 unspecified atom stereocenters. The number of hydrogen-bond donors (Lipinski definition) is 0. The van der Waals surface area contributed by atoms with Gasteiger partial charge in [-0.3, -0.25) is 4.79 Å². The summed E-state index contributed by atoms with van der Waals surface area (Å²) in [5, 5.41) is 1.03. The molecule has 0 aliphatic heterocycles. The normalized spacial score (nSPS) is 11.2. The fourth-order valence-corrected chi connectivity index (χ4v) is 4.91. The summed E-state index contributed by atoms with van der Waals surface area (Å²) in [6.07, 6.45) is 0. The summed E-state index contributed by atoms with van der Waals surface area (Å²) in [5.41, 5.74) is 5.97. The maximum Gasteiger partial charge on any atom is 0.344 e. The summed E-state index contributed by atoms with van der Waals surface area (Å²) >= 11 is 0. The van der Waals surface area contributed by atoms with Crippen molar-refractivity contribution in [1.82, 2.24) is 4.98 Å². The molecule has 0 aliphatic carbocycles. The van der Waals surface area contributed by atoms with E-state index in [1.165, 1.54) is 0 Å². The minimum Gasteiger partial charge on any atom is -0.452 e. The molecule has 190 valence electrons. The summed E-state index contributed by atoms with van der Waals surface area (Å²) < 4.78 is 12.3. The first kappa shape index (κ1) is 24.3. The number of aryl methyl sites for hydroxylation is 3.